The van der Waals surface area contributed by atoms with Crippen LogP contribution in [0.15, 0.2) is 30.3 Å². The van der Waals surface area contributed by atoms with Crippen molar-refractivity contribution < 1.29 is 9.84 Å². The molecule has 1 aromatic rings. The molecule has 0 spiro atoms. The van der Waals surface area contributed by atoms with Crippen LogP contribution in [0.1, 0.15) is 38.4 Å². The quantitative estimate of drug-likeness (QED) is 0.757. The summed E-state index contributed by atoms with van der Waals surface area (Å²) in [6.45, 7) is 5.24. The third-order valence-corrected chi connectivity index (χ3v) is 3.87. The zero-order valence-corrected chi connectivity index (χ0v) is 11.9. The molecule has 1 aliphatic rings. The lowest BCUT2D eigenvalue weighted by atomic mass is 10.1. The molecule has 1 fully saturated rings. The zero-order chi connectivity index (χ0) is 13.7. The van der Waals surface area contributed by atoms with E-state index in [1.807, 2.05) is 37.3 Å². The van der Waals surface area contributed by atoms with E-state index in [0.29, 0.717) is 19.2 Å². The van der Waals surface area contributed by atoms with Crippen LogP contribution in [0.4, 0.5) is 0 Å². The van der Waals surface area contributed by atoms with E-state index in [1.165, 1.54) is 12.8 Å². The van der Waals surface area contributed by atoms with Crippen molar-refractivity contribution in [2.24, 2.45) is 5.92 Å². The second-order valence-corrected chi connectivity index (χ2v) is 5.46. The molecular weight excluding hydrogens is 238 g/mol. The fourth-order valence-corrected chi connectivity index (χ4v) is 2.37. The van der Waals surface area contributed by atoms with Crippen molar-refractivity contribution in [3.8, 4) is 0 Å². The van der Waals surface area contributed by atoms with E-state index in [2.05, 4.69) is 12.2 Å². The van der Waals surface area contributed by atoms with Gasteiger partial charge in [0.25, 0.3) is 0 Å². The highest BCUT2D eigenvalue weighted by molar-refractivity contribution is 5.16. The average Bonchev–Trinajstić information content (AvgIpc) is 3.22. The molecule has 0 aromatic heterocycles. The molecule has 4 unspecified atom stereocenters. The molecule has 1 aliphatic carbocycles. The Hall–Kier alpha value is -0.900. The third-order valence-electron chi connectivity index (χ3n) is 3.87. The standard InChI is InChI=1S/C16H25NO2/c1-3-13-9-16(13)17-10-15(18)11-19-12(2)14-7-5-4-6-8-14/h4-8,12-13,15-18H,3,9-11H2,1-2H3. The third kappa shape index (κ3) is 4.60. The van der Waals surface area contributed by atoms with Gasteiger partial charge in [0.05, 0.1) is 18.8 Å². The van der Waals surface area contributed by atoms with Crippen LogP contribution in [0.3, 0.4) is 0 Å². The van der Waals surface area contributed by atoms with Crippen LogP contribution in [0.25, 0.3) is 0 Å². The summed E-state index contributed by atoms with van der Waals surface area (Å²) in [7, 11) is 0. The van der Waals surface area contributed by atoms with Crippen LogP contribution in [0.2, 0.25) is 0 Å². The molecule has 2 rings (SSSR count). The first-order valence-corrected chi connectivity index (χ1v) is 7.28. The lowest BCUT2D eigenvalue weighted by Crippen LogP contribution is -2.32. The van der Waals surface area contributed by atoms with Crippen molar-refractivity contribution in [3.05, 3.63) is 35.9 Å². The van der Waals surface area contributed by atoms with Crippen LogP contribution in [-0.2, 0) is 4.74 Å². The number of rotatable bonds is 8. The monoisotopic (exact) mass is 263 g/mol. The maximum atomic E-state index is 9.89. The topological polar surface area (TPSA) is 41.5 Å². The number of nitrogens with one attached hydrogen (secondary N) is 1. The van der Waals surface area contributed by atoms with E-state index in [9.17, 15) is 5.11 Å². The maximum absolute atomic E-state index is 9.89. The smallest absolute Gasteiger partial charge is 0.0898 e. The van der Waals surface area contributed by atoms with E-state index in [-0.39, 0.29) is 6.10 Å². The van der Waals surface area contributed by atoms with Gasteiger partial charge < -0.3 is 15.2 Å². The van der Waals surface area contributed by atoms with Crippen molar-refractivity contribution in [1.29, 1.82) is 0 Å². The highest BCUT2D eigenvalue weighted by atomic mass is 16.5. The first kappa shape index (κ1) is 14.5. The Morgan fingerprint density at radius 1 is 1.37 bits per heavy atom. The molecule has 1 saturated carbocycles. The maximum Gasteiger partial charge on any atom is 0.0898 e. The van der Waals surface area contributed by atoms with Crippen molar-refractivity contribution >= 4 is 0 Å². The summed E-state index contributed by atoms with van der Waals surface area (Å²) in [4.78, 5) is 0. The van der Waals surface area contributed by atoms with Gasteiger partial charge in [-0.15, -0.1) is 0 Å². The summed E-state index contributed by atoms with van der Waals surface area (Å²) in [5, 5.41) is 13.3. The predicted octanol–water partition coefficient (Wildman–Crippen LogP) is 2.51. The number of benzene rings is 1. The Labute approximate surface area is 116 Å². The van der Waals surface area contributed by atoms with Gasteiger partial charge in [-0.3, -0.25) is 0 Å². The summed E-state index contributed by atoms with van der Waals surface area (Å²) in [5.41, 5.74) is 1.15. The molecule has 0 amide bonds. The summed E-state index contributed by atoms with van der Waals surface area (Å²) in [6.07, 6.45) is 2.09. The second kappa shape index (κ2) is 7.04. The molecule has 0 aliphatic heterocycles. The number of ether oxygens (including phenoxy) is 1. The first-order chi connectivity index (χ1) is 9.20. The summed E-state index contributed by atoms with van der Waals surface area (Å²) in [6, 6.07) is 10.7. The van der Waals surface area contributed by atoms with E-state index >= 15 is 0 Å². The largest absolute Gasteiger partial charge is 0.389 e. The molecule has 0 bridgehead atoms. The van der Waals surface area contributed by atoms with Gasteiger partial charge in [0.2, 0.25) is 0 Å². The van der Waals surface area contributed by atoms with Crippen molar-refractivity contribution in [2.45, 2.75) is 44.9 Å². The van der Waals surface area contributed by atoms with Gasteiger partial charge in [0, 0.05) is 12.6 Å². The van der Waals surface area contributed by atoms with E-state index in [0.717, 1.165) is 11.5 Å². The van der Waals surface area contributed by atoms with Gasteiger partial charge in [-0.05, 0) is 24.8 Å². The summed E-state index contributed by atoms with van der Waals surface area (Å²) in [5.74, 6) is 0.816. The number of hydrogen-bond donors (Lipinski definition) is 2. The van der Waals surface area contributed by atoms with Gasteiger partial charge >= 0.3 is 0 Å². The fourth-order valence-electron chi connectivity index (χ4n) is 2.37. The molecule has 0 radical (unpaired) electrons. The van der Waals surface area contributed by atoms with Crippen LogP contribution in [0.5, 0.6) is 0 Å². The first-order valence-electron chi connectivity index (χ1n) is 7.28. The summed E-state index contributed by atoms with van der Waals surface area (Å²) < 4.78 is 5.71. The summed E-state index contributed by atoms with van der Waals surface area (Å²) >= 11 is 0. The molecule has 2 N–H and O–H groups in total. The number of aliphatic hydroxyl groups is 1. The average molecular weight is 263 g/mol. The molecule has 0 saturated heterocycles. The molecule has 19 heavy (non-hydrogen) atoms. The minimum absolute atomic E-state index is 0.0279. The van der Waals surface area contributed by atoms with Crippen LogP contribution in [-0.4, -0.2) is 30.4 Å². The van der Waals surface area contributed by atoms with Crippen molar-refractivity contribution in [1.82, 2.24) is 5.32 Å². The van der Waals surface area contributed by atoms with Crippen LogP contribution < -0.4 is 5.32 Å². The second-order valence-electron chi connectivity index (χ2n) is 5.46. The molecular formula is C16H25NO2. The SMILES string of the molecule is CCC1CC1NCC(O)COC(C)c1ccccc1. The minimum atomic E-state index is -0.427. The lowest BCUT2D eigenvalue weighted by Gasteiger charge is -2.17. The van der Waals surface area contributed by atoms with Crippen molar-refractivity contribution in [3.63, 3.8) is 0 Å². The zero-order valence-electron chi connectivity index (χ0n) is 11.9. The number of hydrogen-bond acceptors (Lipinski definition) is 3. The van der Waals surface area contributed by atoms with E-state index in [1.54, 1.807) is 0 Å². The van der Waals surface area contributed by atoms with E-state index < -0.39 is 6.10 Å². The number of aliphatic hydroxyl groups excluding tert-OH is 1. The predicted molar refractivity (Wildman–Crippen MR) is 77.0 cm³/mol. The molecule has 106 valence electrons. The van der Waals surface area contributed by atoms with Crippen LogP contribution in [0, 0.1) is 5.92 Å². The van der Waals surface area contributed by atoms with Gasteiger partial charge in [0.15, 0.2) is 0 Å². The normalized spacial score (nSPS) is 25.0. The van der Waals surface area contributed by atoms with Gasteiger partial charge in [0.1, 0.15) is 0 Å². The van der Waals surface area contributed by atoms with Gasteiger partial charge in [-0.1, -0.05) is 43.7 Å². The van der Waals surface area contributed by atoms with Gasteiger partial charge in [-0.2, -0.15) is 0 Å². The van der Waals surface area contributed by atoms with Crippen LogP contribution >= 0.6 is 0 Å². The highest BCUT2D eigenvalue weighted by Crippen LogP contribution is 2.32. The fraction of sp³-hybridized carbons (Fsp3) is 0.625. The van der Waals surface area contributed by atoms with Gasteiger partial charge in [-0.25, -0.2) is 0 Å². The van der Waals surface area contributed by atoms with Crippen molar-refractivity contribution in [2.75, 3.05) is 13.2 Å². The lowest BCUT2D eigenvalue weighted by molar-refractivity contribution is -0.00223. The Bertz CT molecular complexity index is 368. The Balaban J connectivity index is 1.62. The molecule has 3 heteroatoms. The van der Waals surface area contributed by atoms with E-state index in [4.69, 9.17) is 4.74 Å². The minimum Gasteiger partial charge on any atom is -0.389 e. The molecule has 0 heterocycles. The molecule has 1 aromatic carbocycles. The Morgan fingerprint density at radius 2 is 2.11 bits per heavy atom. The molecule has 3 nitrogen and oxygen atoms in total. The molecule has 4 atom stereocenters. The Morgan fingerprint density at radius 3 is 2.74 bits per heavy atom. The highest BCUT2D eigenvalue weighted by Gasteiger charge is 2.34. The Kier molecular flexibility index (Phi) is 5.37.